The second-order valence-corrected chi connectivity index (χ2v) is 8.04. The number of hydrogen-bond acceptors (Lipinski definition) is 6. The number of carbonyl (C=O) groups is 1. The van der Waals surface area contributed by atoms with Gasteiger partial charge in [0, 0.05) is 43.4 Å². The van der Waals surface area contributed by atoms with Gasteiger partial charge >= 0.3 is 5.97 Å². The molecule has 2 unspecified atom stereocenters. The number of aryl methyl sites for hydroxylation is 2. The number of aliphatic hydroxyl groups is 1. The molecule has 6 nitrogen and oxygen atoms in total. The van der Waals surface area contributed by atoms with E-state index in [9.17, 15) is 9.90 Å². The average molecular weight is 376 g/mol. The van der Waals surface area contributed by atoms with Gasteiger partial charge < -0.3 is 20.1 Å². The Morgan fingerprint density at radius 2 is 2.04 bits per heavy atom. The fourth-order valence-electron chi connectivity index (χ4n) is 4.39. The SMILES string of the molecule is COC(=O)c1cc(C)c(C)nc1N1CCC(NC2CCCCC2)C(CO)C1. The molecule has 1 aliphatic carbocycles. The van der Waals surface area contributed by atoms with Crippen molar-refractivity contribution in [3.63, 3.8) is 0 Å². The summed E-state index contributed by atoms with van der Waals surface area (Å²) in [6, 6.07) is 2.77. The summed E-state index contributed by atoms with van der Waals surface area (Å²) in [5.41, 5.74) is 2.41. The van der Waals surface area contributed by atoms with Crippen LogP contribution in [0.4, 0.5) is 5.82 Å². The summed E-state index contributed by atoms with van der Waals surface area (Å²) in [5.74, 6) is 0.456. The zero-order chi connectivity index (χ0) is 19.4. The number of carbonyl (C=O) groups excluding carboxylic acids is 1. The van der Waals surface area contributed by atoms with Crippen molar-refractivity contribution in [1.29, 1.82) is 0 Å². The Morgan fingerprint density at radius 3 is 2.70 bits per heavy atom. The number of aliphatic hydroxyl groups excluding tert-OH is 1. The summed E-state index contributed by atoms with van der Waals surface area (Å²) >= 11 is 0. The van der Waals surface area contributed by atoms with E-state index < -0.39 is 0 Å². The monoisotopic (exact) mass is 375 g/mol. The zero-order valence-electron chi connectivity index (χ0n) is 16.8. The Labute approximate surface area is 162 Å². The fraction of sp³-hybridized carbons (Fsp3) is 0.714. The number of aromatic nitrogens is 1. The van der Waals surface area contributed by atoms with E-state index in [-0.39, 0.29) is 18.5 Å². The molecule has 1 aliphatic heterocycles. The van der Waals surface area contributed by atoms with Crippen molar-refractivity contribution in [2.24, 2.45) is 5.92 Å². The van der Waals surface area contributed by atoms with E-state index in [1.807, 2.05) is 19.9 Å². The van der Waals surface area contributed by atoms with Gasteiger partial charge in [0.05, 0.1) is 7.11 Å². The molecule has 0 spiro atoms. The van der Waals surface area contributed by atoms with E-state index in [1.54, 1.807) is 0 Å². The molecule has 1 aromatic heterocycles. The van der Waals surface area contributed by atoms with Crippen LogP contribution in [0.15, 0.2) is 6.07 Å². The van der Waals surface area contributed by atoms with Crippen molar-refractivity contribution in [1.82, 2.24) is 10.3 Å². The van der Waals surface area contributed by atoms with Gasteiger partial charge in [-0.3, -0.25) is 0 Å². The number of pyridine rings is 1. The molecular weight excluding hydrogens is 342 g/mol. The predicted molar refractivity (Wildman–Crippen MR) is 106 cm³/mol. The molecule has 0 radical (unpaired) electrons. The number of anilines is 1. The van der Waals surface area contributed by atoms with Crippen LogP contribution in [0.5, 0.6) is 0 Å². The molecule has 2 aliphatic rings. The van der Waals surface area contributed by atoms with Crippen molar-refractivity contribution < 1.29 is 14.6 Å². The van der Waals surface area contributed by atoms with E-state index in [2.05, 4.69) is 10.2 Å². The van der Waals surface area contributed by atoms with Crippen molar-refractivity contribution in [3.05, 3.63) is 22.9 Å². The number of methoxy groups -OCH3 is 1. The van der Waals surface area contributed by atoms with Crippen LogP contribution in [0, 0.1) is 19.8 Å². The summed E-state index contributed by atoms with van der Waals surface area (Å²) in [6.07, 6.45) is 7.36. The van der Waals surface area contributed by atoms with Gasteiger partial charge in [-0.05, 0) is 44.7 Å². The molecule has 6 heteroatoms. The zero-order valence-corrected chi connectivity index (χ0v) is 16.8. The lowest BCUT2D eigenvalue weighted by Gasteiger charge is -2.41. The van der Waals surface area contributed by atoms with E-state index in [0.717, 1.165) is 24.2 Å². The van der Waals surface area contributed by atoms with E-state index in [4.69, 9.17) is 9.72 Å². The van der Waals surface area contributed by atoms with Gasteiger partial charge in [0.2, 0.25) is 0 Å². The molecule has 1 aromatic rings. The number of esters is 1. The molecule has 1 saturated carbocycles. The van der Waals surface area contributed by atoms with Crippen LogP contribution in [0.25, 0.3) is 0 Å². The third-order valence-electron chi connectivity index (χ3n) is 6.17. The largest absolute Gasteiger partial charge is 0.465 e. The summed E-state index contributed by atoms with van der Waals surface area (Å²) in [4.78, 5) is 19.1. The van der Waals surface area contributed by atoms with Gasteiger partial charge in [-0.15, -0.1) is 0 Å². The quantitative estimate of drug-likeness (QED) is 0.771. The molecular formula is C21H33N3O3. The maximum absolute atomic E-state index is 12.3. The first kappa shape index (κ1) is 20.1. The van der Waals surface area contributed by atoms with Crippen molar-refractivity contribution >= 4 is 11.8 Å². The molecule has 2 fully saturated rings. The van der Waals surface area contributed by atoms with Crippen LogP contribution in [0.3, 0.4) is 0 Å². The van der Waals surface area contributed by atoms with E-state index >= 15 is 0 Å². The first-order valence-corrected chi connectivity index (χ1v) is 10.2. The third kappa shape index (κ3) is 4.61. The second kappa shape index (κ2) is 9.02. The molecule has 150 valence electrons. The van der Waals surface area contributed by atoms with Crippen molar-refractivity contribution in [2.75, 3.05) is 31.7 Å². The lowest BCUT2D eigenvalue weighted by molar-refractivity contribution is 0.0600. The standard InChI is InChI=1S/C21H33N3O3/c1-14-11-18(21(26)27-3)20(22-15(14)2)24-10-9-19(16(12-24)13-25)23-17-7-5-4-6-8-17/h11,16-17,19,23,25H,4-10,12-13H2,1-3H3. The Bertz CT molecular complexity index is 658. The number of rotatable bonds is 5. The van der Waals surface area contributed by atoms with Crippen LogP contribution in [-0.4, -0.2) is 54.9 Å². The molecule has 2 N–H and O–H groups in total. The maximum atomic E-state index is 12.3. The Balaban J connectivity index is 1.75. The van der Waals surface area contributed by atoms with Crippen molar-refractivity contribution in [2.45, 2.75) is 64.5 Å². The molecule has 2 atom stereocenters. The van der Waals surface area contributed by atoms with E-state index in [0.29, 0.717) is 30.0 Å². The normalized spacial score (nSPS) is 24.1. The number of piperidine rings is 1. The molecule has 0 bridgehead atoms. The smallest absolute Gasteiger partial charge is 0.341 e. The first-order valence-electron chi connectivity index (χ1n) is 10.2. The maximum Gasteiger partial charge on any atom is 0.341 e. The van der Waals surface area contributed by atoms with Crippen LogP contribution in [-0.2, 0) is 4.74 Å². The lowest BCUT2D eigenvalue weighted by atomic mass is 9.89. The van der Waals surface area contributed by atoms with Gasteiger partial charge in [0.1, 0.15) is 11.4 Å². The second-order valence-electron chi connectivity index (χ2n) is 8.04. The van der Waals surface area contributed by atoms with Gasteiger partial charge in [-0.25, -0.2) is 9.78 Å². The Hall–Kier alpha value is -1.66. The summed E-state index contributed by atoms with van der Waals surface area (Å²) in [5, 5.41) is 13.8. The molecule has 0 aromatic carbocycles. The molecule has 2 heterocycles. The molecule has 0 amide bonds. The minimum absolute atomic E-state index is 0.134. The minimum atomic E-state index is -0.358. The molecule has 1 saturated heterocycles. The number of nitrogens with zero attached hydrogens (tertiary/aromatic N) is 2. The van der Waals surface area contributed by atoms with Gasteiger partial charge in [0.25, 0.3) is 0 Å². The van der Waals surface area contributed by atoms with E-state index in [1.165, 1.54) is 39.2 Å². The Kier molecular flexibility index (Phi) is 6.71. The molecule has 3 rings (SSSR count). The Morgan fingerprint density at radius 1 is 1.30 bits per heavy atom. The highest BCUT2D eigenvalue weighted by molar-refractivity contribution is 5.95. The number of nitrogens with one attached hydrogen (secondary N) is 1. The third-order valence-corrected chi connectivity index (χ3v) is 6.17. The number of ether oxygens (including phenoxy) is 1. The fourth-order valence-corrected chi connectivity index (χ4v) is 4.39. The lowest BCUT2D eigenvalue weighted by Crippen LogP contribution is -2.54. The minimum Gasteiger partial charge on any atom is -0.465 e. The molecule has 27 heavy (non-hydrogen) atoms. The van der Waals surface area contributed by atoms with Crippen molar-refractivity contribution in [3.8, 4) is 0 Å². The van der Waals surface area contributed by atoms with Gasteiger partial charge in [-0.2, -0.15) is 0 Å². The number of hydrogen-bond donors (Lipinski definition) is 2. The summed E-state index contributed by atoms with van der Waals surface area (Å²) < 4.78 is 4.97. The summed E-state index contributed by atoms with van der Waals surface area (Å²) in [7, 11) is 1.40. The summed E-state index contributed by atoms with van der Waals surface area (Å²) in [6.45, 7) is 5.57. The topological polar surface area (TPSA) is 74.7 Å². The van der Waals surface area contributed by atoms with Crippen LogP contribution < -0.4 is 10.2 Å². The predicted octanol–water partition coefficient (Wildman–Crippen LogP) is 2.59. The highest BCUT2D eigenvalue weighted by atomic mass is 16.5. The van der Waals surface area contributed by atoms with Crippen LogP contribution in [0.1, 0.15) is 60.1 Å². The first-order chi connectivity index (χ1) is 13.0. The highest BCUT2D eigenvalue weighted by Gasteiger charge is 2.33. The van der Waals surface area contributed by atoms with Crippen LogP contribution >= 0.6 is 0 Å². The average Bonchev–Trinajstić information content (AvgIpc) is 2.70. The highest BCUT2D eigenvalue weighted by Crippen LogP contribution is 2.28. The van der Waals surface area contributed by atoms with Gasteiger partial charge in [0.15, 0.2) is 0 Å². The van der Waals surface area contributed by atoms with Gasteiger partial charge in [-0.1, -0.05) is 19.3 Å². The van der Waals surface area contributed by atoms with Crippen LogP contribution in [0.2, 0.25) is 0 Å².